The van der Waals surface area contributed by atoms with Crippen molar-refractivity contribution >= 4 is 0 Å². The lowest BCUT2D eigenvalue weighted by Crippen LogP contribution is -2.54. The fourth-order valence-corrected chi connectivity index (χ4v) is 2.81. The Labute approximate surface area is 107 Å². The molecule has 0 unspecified atom stereocenters. The molecule has 0 aromatic carbocycles. The van der Waals surface area contributed by atoms with Gasteiger partial charge in [0, 0.05) is 0 Å². The van der Waals surface area contributed by atoms with E-state index >= 15 is 0 Å². The van der Waals surface area contributed by atoms with Crippen LogP contribution in [-0.4, -0.2) is 47.7 Å². The van der Waals surface area contributed by atoms with Crippen molar-refractivity contribution in [1.82, 2.24) is 0 Å². The van der Waals surface area contributed by atoms with Crippen LogP contribution >= 0.6 is 0 Å². The molecule has 3 rings (SSSR count). The normalized spacial score (nSPS) is 45.1. The maximum atomic E-state index is 10.1. The molecule has 1 aliphatic carbocycles. The molecule has 0 bridgehead atoms. The number of hydrogen-bond acceptors (Lipinski definition) is 5. The summed E-state index contributed by atoms with van der Waals surface area (Å²) in [6.07, 6.45) is 0.243. The van der Waals surface area contributed by atoms with Crippen LogP contribution in [0.3, 0.4) is 0 Å². The van der Waals surface area contributed by atoms with Crippen LogP contribution in [-0.2, 0) is 18.9 Å². The predicted molar refractivity (Wildman–Crippen MR) is 62.8 cm³/mol. The van der Waals surface area contributed by atoms with Crippen molar-refractivity contribution < 1.29 is 24.1 Å². The molecule has 1 N–H and O–H groups in total. The van der Waals surface area contributed by atoms with Crippen LogP contribution in [0.25, 0.3) is 0 Å². The SMILES string of the molecule is CC1(C)O[C@H]2[C@H](O1)[C@H]1OC(C)(C)OCC1=C[C@@H]2O. The third-order valence-electron chi connectivity index (χ3n) is 3.55. The fourth-order valence-electron chi connectivity index (χ4n) is 2.81. The zero-order valence-electron chi connectivity index (χ0n) is 11.2. The topological polar surface area (TPSA) is 57.2 Å². The highest BCUT2D eigenvalue weighted by Crippen LogP contribution is 2.41. The molecule has 18 heavy (non-hydrogen) atoms. The highest BCUT2D eigenvalue weighted by Gasteiger charge is 2.54. The van der Waals surface area contributed by atoms with Gasteiger partial charge in [-0.3, -0.25) is 0 Å². The van der Waals surface area contributed by atoms with E-state index in [1.54, 1.807) is 6.08 Å². The van der Waals surface area contributed by atoms with Gasteiger partial charge in [-0.25, -0.2) is 0 Å². The van der Waals surface area contributed by atoms with E-state index in [-0.39, 0.29) is 18.3 Å². The smallest absolute Gasteiger partial charge is 0.164 e. The van der Waals surface area contributed by atoms with Crippen LogP contribution in [0.1, 0.15) is 27.7 Å². The van der Waals surface area contributed by atoms with Gasteiger partial charge in [-0.15, -0.1) is 0 Å². The summed E-state index contributed by atoms with van der Waals surface area (Å²) in [5, 5.41) is 10.1. The molecule has 0 aromatic heterocycles. The number of hydrogen-bond donors (Lipinski definition) is 1. The maximum Gasteiger partial charge on any atom is 0.164 e. The van der Waals surface area contributed by atoms with Gasteiger partial charge in [0.05, 0.1) is 6.61 Å². The van der Waals surface area contributed by atoms with Crippen LogP contribution in [0.5, 0.6) is 0 Å². The Morgan fingerprint density at radius 2 is 1.72 bits per heavy atom. The van der Waals surface area contributed by atoms with Gasteiger partial charge in [-0.2, -0.15) is 0 Å². The summed E-state index contributed by atoms with van der Waals surface area (Å²) >= 11 is 0. The maximum absolute atomic E-state index is 10.1. The first-order valence-electron chi connectivity index (χ1n) is 6.33. The Balaban J connectivity index is 1.91. The summed E-state index contributed by atoms with van der Waals surface area (Å²) in [6, 6.07) is 0. The summed E-state index contributed by atoms with van der Waals surface area (Å²) in [4.78, 5) is 0. The molecule has 0 aromatic rings. The Bertz CT molecular complexity index is 387. The first kappa shape index (κ1) is 12.6. The molecule has 102 valence electrons. The fraction of sp³-hybridized carbons (Fsp3) is 0.846. The third-order valence-corrected chi connectivity index (χ3v) is 3.55. The zero-order valence-corrected chi connectivity index (χ0v) is 11.2. The van der Waals surface area contributed by atoms with Crippen LogP contribution in [0, 0.1) is 0 Å². The van der Waals surface area contributed by atoms with Crippen LogP contribution in [0.4, 0.5) is 0 Å². The summed E-state index contributed by atoms with van der Waals surface area (Å²) in [6.45, 7) is 7.92. The van der Waals surface area contributed by atoms with E-state index < -0.39 is 17.7 Å². The minimum atomic E-state index is -0.689. The molecular formula is C13H20O5. The number of rotatable bonds is 0. The minimum Gasteiger partial charge on any atom is -0.386 e. The Kier molecular flexibility index (Phi) is 2.63. The number of aliphatic hydroxyl groups excluding tert-OH is 1. The van der Waals surface area contributed by atoms with Crippen molar-refractivity contribution in [1.29, 1.82) is 0 Å². The largest absolute Gasteiger partial charge is 0.386 e. The van der Waals surface area contributed by atoms with Crippen molar-refractivity contribution in [2.75, 3.05) is 6.61 Å². The van der Waals surface area contributed by atoms with E-state index in [0.717, 1.165) is 5.57 Å². The molecule has 2 heterocycles. The first-order chi connectivity index (χ1) is 8.27. The Morgan fingerprint density at radius 3 is 2.44 bits per heavy atom. The zero-order chi connectivity index (χ0) is 13.1. The van der Waals surface area contributed by atoms with Crippen molar-refractivity contribution in [3.8, 4) is 0 Å². The van der Waals surface area contributed by atoms with E-state index in [2.05, 4.69) is 0 Å². The van der Waals surface area contributed by atoms with Gasteiger partial charge >= 0.3 is 0 Å². The molecule has 0 radical (unpaired) electrons. The lowest BCUT2D eigenvalue weighted by Gasteiger charge is -2.43. The molecule has 2 saturated heterocycles. The minimum absolute atomic E-state index is 0.205. The average Bonchev–Trinajstić information content (AvgIpc) is 2.56. The van der Waals surface area contributed by atoms with Crippen molar-refractivity contribution in [3.63, 3.8) is 0 Å². The summed E-state index contributed by atoms with van der Waals surface area (Å²) in [7, 11) is 0. The van der Waals surface area contributed by atoms with Gasteiger partial charge in [-0.1, -0.05) is 0 Å². The molecule has 0 amide bonds. The first-order valence-corrected chi connectivity index (χ1v) is 6.33. The molecule has 3 aliphatic rings. The van der Waals surface area contributed by atoms with Crippen LogP contribution in [0.2, 0.25) is 0 Å². The van der Waals surface area contributed by atoms with Gasteiger partial charge in [0.15, 0.2) is 11.6 Å². The Morgan fingerprint density at radius 1 is 1.06 bits per heavy atom. The summed E-state index contributed by atoms with van der Waals surface area (Å²) < 4.78 is 23.1. The molecular weight excluding hydrogens is 236 g/mol. The highest BCUT2D eigenvalue weighted by atomic mass is 16.8. The number of fused-ring (bicyclic) bond motifs is 3. The van der Waals surface area contributed by atoms with Crippen molar-refractivity contribution in [2.45, 2.75) is 63.7 Å². The molecule has 2 aliphatic heterocycles. The lowest BCUT2D eigenvalue weighted by molar-refractivity contribution is -0.274. The predicted octanol–water partition coefficient (Wildman–Crippen LogP) is 0.959. The molecule has 0 spiro atoms. The monoisotopic (exact) mass is 256 g/mol. The average molecular weight is 256 g/mol. The highest BCUT2D eigenvalue weighted by molar-refractivity contribution is 5.24. The van der Waals surface area contributed by atoms with Crippen LogP contribution in [0.15, 0.2) is 11.6 Å². The molecule has 5 heteroatoms. The second kappa shape index (κ2) is 3.77. The molecule has 2 fully saturated rings. The molecule has 5 nitrogen and oxygen atoms in total. The summed E-state index contributed by atoms with van der Waals surface area (Å²) in [5.74, 6) is -1.32. The second-order valence-corrected chi connectivity index (χ2v) is 6.02. The van der Waals surface area contributed by atoms with Gasteiger partial charge in [0.25, 0.3) is 0 Å². The standard InChI is InChI=1S/C13H20O5/c1-12(2)15-6-7-5-8(14)10-11(9(7)16-12)18-13(3,4)17-10/h5,8-11,14H,6H2,1-4H3/t8-,9-,10+,11+/m0/s1. The van der Waals surface area contributed by atoms with Gasteiger partial charge in [0.2, 0.25) is 0 Å². The lowest BCUT2D eigenvalue weighted by atomic mass is 9.89. The molecule has 0 saturated carbocycles. The van der Waals surface area contributed by atoms with Crippen molar-refractivity contribution in [2.24, 2.45) is 0 Å². The van der Waals surface area contributed by atoms with Gasteiger partial charge in [-0.05, 0) is 39.3 Å². The number of aliphatic hydroxyl groups is 1. The van der Waals surface area contributed by atoms with E-state index in [4.69, 9.17) is 18.9 Å². The number of ether oxygens (including phenoxy) is 4. The third kappa shape index (κ3) is 2.00. The second-order valence-electron chi connectivity index (χ2n) is 6.02. The van der Waals surface area contributed by atoms with Crippen LogP contribution < -0.4 is 0 Å². The van der Waals surface area contributed by atoms with Gasteiger partial charge < -0.3 is 24.1 Å². The molecule has 4 atom stereocenters. The van der Waals surface area contributed by atoms with Gasteiger partial charge in [0.1, 0.15) is 24.4 Å². The van der Waals surface area contributed by atoms with E-state index in [0.29, 0.717) is 6.61 Å². The van der Waals surface area contributed by atoms with Crippen molar-refractivity contribution in [3.05, 3.63) is 11.6 Å². The summed E-state index contributed by atoms with van der Waals surface area (Å²) in [5.41, 5.74) is 0.935. The Hall–Kier alpha value is -0.460. The van der Waals surface area contributed by atoms with E-state index in [9.17, 15) is 5.11 Å². The van der Waals surface area contributed by atoms with E-state index in [1.165, 1.54) is 0 Å². The quantitative estimate of drug-likeness (QED) is 0.654. The van der Waals surface area contributed by atoms with E-state index in [1.807, 2.05) is 27.7 Å².